The van der Waals surface area contributed by atoms with E-state index in [1.54, 1.807) is 30.5 Å². The first-order valence-corrected chi connectivity index (χ1v) is 10.7. The molecule has 0 spiro atoms. The molecule has 3 heterocycles. The minimum atomic E-state index is -3.46. The Morgan fingerprint density at radius 1 is 1.11 bits per heavy atom. The first-order chi connectivity index (χ1) is 13.4. The lowest BCUT2D eigenvalue weighted by molar-refractivity contribution is 0.477. The van der Waals surface area contributed by atoms with Gasteiger partial charge in [-0.05, 0) is 49.6 Å². The largest absolute Gasteiger partial charge is 0.379 e. The number of aryl methyl sites for hydroxylation is 1. The summed E-state index contributed by atoms with van der Waals surface area (Å²) in [6.07, 6.45) is 3.56. The van der Waals surface area contributed by atoms with Gasteiger partial charge >= 0.3 is 0 Å². The summed E-state index contributed by atoms with van der Waals surface area (Å²) in [6, 6.07) is 12.0. The Morgan fingerprint density at radius 2 is 1.89 bits per heavy atom. The van der Waals surface area contributed by atoms with Gasteiger partial charge in [-0.1, -0.05) is 12.1 Å². The van der Waals surface area contributed by atoms with Crippen LogP contribution >= 0.6 is 0 Å². The molecule has 28 heavy (non-hydrogen) atoms. The quantitative estimate of drug-likeness (QED) is 0.714. The van der Waals surface area contributed by atoms with Crippen molar-refractivity contribution < 1.29 is 8.42 Å². The topological polar surface area (TPSA) is 83.8 Å². The highest BCUT2D eigenvalue weighted by Gasteiger charge is 2.27. The summed E-state index contributed by atoms with van der Waals surface area (Å²) >= 11 is 0. The molecule has 0 radical (unpaired) electrons. The molecule has 146 valence electrons. The fraction of sp³-hybridized carbons (Fsp3) is 0.300. The summed E-state index contributed by atoms with van der Waals surface area (Å²) in [7, 11) is -3.46. The molecular weight excluding hydrogens is 376 g/mol. The number of nitrogens with one attached hydrogen (secondary N) is 1. The second kappa shape index (κ2) is 7.37. The van der Waals surface area contributed by atoms with Gasteiger partial charge in [-0.15, -0.1) is 0 Å². The molecule has 1 N–H and O–H groups in total. The van der Waals surface area contributed by atoms with Gasteiger partial charge < -0.3 is 5.32 Å². The van der Waals surface area contributed by atoms with Crippen LogP contribution in [0.15, 0.2) is 58.4 Å². The standard InChI is InChI=1S/C20H22N4O3S/c1-15-7-8-19-22-17(12-20(25)24(19)14-15)13-21-16-5-4-6-18(11-16)28(26,27)23-9-2-3-10-23/h4-8,11-12,14,21H,2-3,9-10,13H2,1H3. The van der Waals surface area contributed by atoms with Crippen LogP contribution in [0.1, 0.15) is 24.1 Å². The van der Waals surface area contributed by atoms with Gasteiger partial charge in [0.05, 0.1) is 17.1 Å². The van der Waals surface area contributed by atoms with Crippen LogP contribution in [0.5, 0.6) is 0 Å². The zero-order valence-corrected chi connectivity index (χ0v) is 16.4. The zero-order chi connectivity index (χ0) is 19.7. The lowest BCUT2D eigenvalue weighted by Gasteiger charge is -2.16. The fourth-order valence-corrected chi connectivity index (χ4v) is 4.95. The van der Waals surface area contributed by atoms with Crippen molar-refractivity contribution in [1.29, 1.82) is 0 Å². The van der Waals surface area contributed by atoms with Crippen molar-refractivity contribution in [3.05, 3.63) is 70.3 Å². The van der Waals surface area contributed by atoms with Crippen LogP contribution in [-0.4, -0.2) is 35.2 Å². The SMILES string of the molecule is Cc1ccc2nc(CNc3cccc(S(=O)(=O)N4CCCC4)c3)cc(=O)n2c1. The number of nitrogens with zero attached hydrogens (tertiary/aromatic N) is 3. The number of pyridine rings is 1. The van der Waals surface area contributed by atoms with Gasteiger partial charge in [-0.2, -0.15) is 4.31 Å². The van der Waals surface area contributed by atoms with Gasteiger partial charge in [0.15, 0.2) is 0 Å². The van der Waals surface area contributed by atoms with E-state index in [-0.39, 0.29) is 10.5 Å². The number of aromatic nitrogens is 2. The highest BCUT2D eigenvalue weighted by atomic mass is 32.2. The maximum Gasteiger partial charge on any atom is 0.258 e. The number of fused-ring (bicyclic) bond motifs is 1. The van der Waals surface area contributed by atoms with Crippen molar-refractivity contribution in [3.63, 3.8) is 0 Å². The second-order valence-corrected chi connectivity index (χ2v) is 8.95. The van der Waals surface area contributed by atoms with Crippen molar-refractivity contribution in [2.75, 3.05) is 18.4 Å². The van der Waals surface area contributed by atoms with Crippen LogP contribution < -0.4 is 10.9 Å². The second-order valence-electron chi connectivity index (χ2n) is 7.01. The predicted molar refractivity (Wildman–Crippen MR) is 108 cm³/mol. The van der Waals surface area contributed by atoms with Gasteiger partial charge in [0, 0.05) is 31.0 Å². The van der Waals surface area contributed by atoms with E-state index in [9.17, 15) is 13.2 Å². The number of rotatable bonds is 5. The molecule has 7 nitrogen and oxygen atoms in total. The molecule has 1 aromatic carbocycles. The first-order valence-electron chi connectivity index (χ1n) is 9.26. The monoisotopic (exact) mass is 398 g/mol. The summed E-state index contributed by atoms with van der Waals surface area (Å²) in [5, 5.41) is 3.17. The highest BCUT2D eigenvalue weighted by molar-refractivity contribution is 7.89. The highest BCUT2D eigenvalue weighted by Crippen LogP contribution is 2.23. The minimum absolute atomic E-state index is 0.143. The molecule has 1 aliphatic heterocycles. The Labute approximate surface area is 163 Å². The number of anilines is 1. The molecule has 4 rings (SSSR count). The molecule has 0 saturated carbocycles. The van der Waals surface area contributed by atoms with Crippen molar-refractivity contribution in [2.45, 2.75) is 31.2 Å². The van der Waals surface area contributed by atoms with Crippen LogP contribution in [0, 0.1) is 6.92 Å². The van der Waals surface area contributed by atoms with E-state index in [1.165, 1.54) is 14.8 Å². The van der Waals surface area contributed by atoms with Gasteiger partial charge in [0.25, 0.3) is 5.56 Å². The summed E-state index contributed by atoms with van der Waals surface area (Å²) in [4.78, 5) is 17.1. The third-order valence-electron chi connectivity index (χ3n) is 4.87. The molecule has 0 bridgehead atoms. The van der Waals surface area contributed by atoms with Crippen LogP contribution in [0.3, 0.4) is 0 Å². The molecule has 2 aromatic heterocycles. The van der Waals surface area contributed by atoms with Crippen LogP contribution in [0.2, 0.25) is 0 Å². The van der Waals surface area contributed by atoms with Crippen molar-refractivity contribution >= 4 is 21.4 Å². The number of sulfonamides is 1. The Hall–Kier alpha value is -2.71. The smallest absolute Gasteiger partial charge is 0.258 e. The number of hydrogen-bond donors (Lipinski definition) is 1. The summed E-state index contributed by atoms with van der Waals surface area (Å²) in [6.45, 7) is 3.40. The van der Waals surface area contributed by atoms with E-state index in [0.29, 0.717) is 36.7 Å². The van der Waals surface area contributed by atoms with E-state index >= 15 is 0 Å². The van der Waals surface area contributed by atoms with E-state index in [0.717, 1.165) is 18.4 Å². The average molecular weight is 398 g/mol. The Morgan fingerprint density at radius 3 is 2.68 bits per heavy atom. The van der Waals surface area contributed by atoms with Gasteiger partial charge in [0.2, 0.25) is 10.0 Å². The van der Waals surface area contributed by atoms with Gasteiger partial charge in [-0.3, -0.25) is 9.20 Å². The predicted octanol–water partition coefficient (Wildman–Crippen LogP) is 2.40. The van der Waals surface area contributed by atoms with E-state index in [4.69, 9.17) is 0 Å². The van der Waals surface area contributed by atoms with Crippen LogP contribution in [0.4, 0.5) is 5.69 Å². The van der Waals surface area contributed by atoms with Crippen LogP contribution in [0.25, 0.3) is 5.65 Å². The maximum atomic E-state index is 12.7. The summed E-state index contributed by atoms with van der Waals surface area (Å²) < 4.78 is 28.5. The molecule has 1 aliphatic rings. The zero-order valence-electron chi connectivity index (χ0n) is 15.6. The van der Waals surface area contributed by atoms with E-state index < -0.39 is 10.0 Å². The molecule has 0 atom stereocenters. The summed E-state index contributed by atoms with van der Waals surface area (Å²) in [5.41, 5.74) is 2.70. The molecule has 1 fully saturated rings. The van der Waals surface area contributed by atoms with Crippen molar-refractivity contribution in [3.8, 4) is 0 Å². The molecule has 0 aliphatic carbocycles. The van der Waals surface area contributed by atoms with Gasteiger partial charge in [0.1, 0.15) is 5.65 Å². The molecule has 8 heteroatoms. The Kier molecular flexibility index (Phi) is 4.91. The third-order valence-corrected chi connectivity index (χ3v) is 6.77. The number of benzene rings is 1. The van der Waals surface area contributed by atoms with Crippen LogP contribution in [-0.2, 0) is 16.6 Å². The van der Waals surface area contributed by atoms with Crippen molar-refractivity contribution in [2.24, 2.45) is 0 Å². The molecule has 1 saturated heterocycles. The Bertz CT molecular complexity index is 1180. The number of hydrogen-bond acceptors (Lipinski definition) is 5. The normalized spacial score (nSPS) is 15.2. The average Bonchev–Trinajstić information content (AvgIpc) is 3.23. The lowest BCUT2D eigenvalue weighted by atomic mass is 10.3. The fourth-order valence-electron chi connectivity index (χ4n) is 3.39. The molecule has 3 aromatic rings. The van der Waals surface area contributed by atoms with Gasteiger partial charge in [-0.25, -0.2) is 13.4 Å². The Balaban J connectivity index is 1.55. The maximum absolute atomic E-state index is 12.7. The minimum Gasteiger partial charge on any atom is -0.379 e. The third kappa shape index (κ3) is 3.65. The molecular formula is C20H22N4O3S. The first kappa shape index (κ1) is 18.6. The lowest BCUT2D eigenvalue weighted by Crippen LogP contribution is -2.27. The summed E-state index contributed by atoms with van der Waals surface area (Å²) in [5.74, 6) is 0. The van der Waals surface area contributed by atoms with Crippen molar-refractivity contribution in [1.82, 2.24) is 13.7 Å². The molecule has 0 unspecified atom stereocenters. The van der Waals surface area contributed by atoms with E-state index in [2.05, 4.69) is 10.3 Å². The molecule has 0 amide bonds. The van der Waals surface area contributed by atoms with E-state index in [1.807, 2.05) is 19.1 Å².